The Morgan fingerprint density at radius 3 is 2.68 bits per heavy atom. The Hall–Kier alpha value is -0.690. The summed E-state index contributed by atoms with van der Waals surface area (Å²) < 4.78 is 39.8. The van der Waals surface area contributed by atoms with Crippen LogP contribution in [0.4, 0.5) is 4.39 Å². The van der Waals surface area contributed by atoms with Gasteiger partial charge in [0, 0.05) is 18.2 Å². The molecule has 0 aliphatic heterocycles. The zero-order chi connectivity index (χ0) is 13.3. The van der Waals surface area contributed by atoms with E-state index in [9.17, 15) is 12.8 Å². The van der Waals surface area contributed by atoms with E-state index in [2.05, 4.69) is 4.72 Å². The summed E-state index contributed by atoms with van der Waals surface area (Å²) in [7, 11) is -3.68. The molecule has 3 N–H and O–H groups in total. The average Bonchev–Trinajstić information content (AvgIpc) is 3.13. The van der Waals surface area contributed by atoms with Gasteiger partial charge >= 0.3 is 0 Å². The molecule has 0 amide bonds. The van der Waals surface area contributed by atoms with Crippen LogP contribution in [0, 0.1) is 18.7 Å². The molecule has 4 nitrogen and oxygen atoms in total. The van der Waals surface area contributed by atoms with Crippen molar-refractivity contribution in [1.82, 2.24) is 4.72 Å². The molecule has 0 bridgehead atoms. The van der Waals surface area contributed by atoms with E-state index < -0.39 is 15.8 Å². The zero-order valence-electron chi connectivity index (χ0n) is 10.6. The highest BCUT2D eigenvalue weighted by Gasteiger charge is 2.29. The van der Waals surface area contributed by atoms with Gasteiger partial charge in [0.2, 0.25) is 10.0 Å². The van der Waals surface area contributed by atoms with E-state index >= 15 is 0 Å². The molecule has 1 unspecified atom stereocenters. The number of sulfonamides is 1. The Morgan fingerprint density at radius 1 is 1.47 bits per heavy atom. The number of benzene rings is 1. The molecule has 7 heteroatoms. The minimum absolute atomic E-state index is 0. The van der Waals surface area contributed by atoms with Crippen molar-refractivity contribution in [2.24, 2.45) is 11.7 Å². The molecule has 1 fully saturated rings. The molecule has 0 saturated heterocycles. The molecule has 1 aliphatic rings. The number of rotatable bonds is 5. The molecule has 0 heterocycles. The predicted octanol–water partition coefficient (Wildman–Crippen LogP) is 1.57. The number of nitrogens with two attached hydrogens (primary N) is 1. The second kappa shape index (κ2) is 6.17. The maximum atomic E-state index is 13.3. The second-order valence-corrected chi connectivity index (χ2v) is 6.45. The minimum Gasteiger partial charge on any atom is -0.326 e. The van der Waals surface area contributed by atoms with Crippen LogP contribution in [0.1, 0.15) is 18.4 Å². The fraction of sp³-hybridized carbons (Fsp3) is 0.500. The molecule has 19 heavy (non-hydrogen) atoms. The van der Waals surface area contributed by atoms with Gasteiger partial charge in [-0.1, -0.05) is 6.07 Å². The van der Waals surface area contributed by atoms with Crippen molar-refractivity contribution in [3.8, 4) is 0 Å². The van der Waals surface area contributed by atoms with Crippen LogP contribution in [0.15, 0.2) is 23.1 Å². The molecular weight excluding hydrogens is 291 g/mol. The Bertz CT molecular complexity index is 547. The van der Waals surface area contributed by atoms with Crippen molar-refractivity contribution in [2.45, 2.75) is 30.7 Å². The summed E-state index contributed by atoms with van der Waals surface area (Å²) in [6.07, 6.45) is 2.11. The van der Waals surface area contributed by atoms with Gasteiger partial charge in [0.1, 0.15) is 5.82 Å². The lowest BCUT2D eigenvalue weighted by Gasteiger charge is -2.13. The van der Waals surface area contributed by atoms with Gasteiger partial charge in [0.15, 0.2) is 0 Å². The van der Waals surface area contributed by atoms with E-state index in [1.807, 2.05) is 0 Å². The third kappa shape index (κ3) is 3.89. The van der Waals surface area contributed by atoms with Gasteiger partial charge in [-0.05, 0) is 37.8 Å². The van der Waals surface area contributed by atoms with Gasteiger partial charge in [0.05, 0.1) is 4.90 Å². The van der Waals surface area contributed by atoms with Crippen molar-refractivity contribution in [2.75, 3.05) is 6.54 Å². The number of hydrogen-bond acceptors (Lipinski definition) is 3. The highest BCUT2D eigenvalue weighted by atomic mass is 35.5. The van der Waals surface area contributed by atoms with Gasteiger partial charge in [-0.2, -0.15) is 0 Å². The van der Waals surface area contributed by atoms with Gasteiger partial charge in [-0.3, -0.25) is 0 Å². The molecule has 1 aliphatic carbocycles. The lowest BCUT2D eigenvalue weighted by atomic mass is 10.2. The average molecular weight is 309 g/mol. The van der Waals surface area contributed by atoms with Crippen molar-refractivity contribution >= 4 is 22.4 Å². The lowest BCUT2D eigenvalue weighted by molar-refractivity contribution is 0.545. The molecular formula is C12H18ClFN2O2S. The molecule has 108 valence electrons. The lowest BCUT2D eigenvalue weighted by Crippen LogP contribution is -2.38. The van der Waals surface area contributed by atoms with E-state index in [1.54, 1.807) is 0 Å². The maximum Gasteiger partial charge on any atom is 0.240 e. The Labute approximate surface area is 119 Å². The minimum atomic E-state index is -3.68. The topological polar surface area (TPSA) is 72.2 Å². The highest BCUT2D eigenvalue weighted by molar-refractivity contribution is 7.89. The Balaban J connectivity index is 0.00000180. The summed E-state index contributed by atoms with van der Waals surface area (Å²) in [4.78, 5) is -0.0227. The Kier molecular flexibility index (Phi) is 5.32. The summed E-state index contributed by atoms with van der Waals surface area (Å²) in [5.41, 5.74) is 5.96. The zero-order valence-corrected chi connectivity index (χ0v) is 12.2. The largest absolute Gasteiger partial charge is 0.326 e. The fourth-order valence-electron chi connectivity index (χ4n) is 1.85. The van der Waals surface area contributed by atoms with Crippen LogP contribution in [-0.4, -0.2) is 21.0 Å². The normalized spacial score (nSPS) is 16.8. The van der Waals surface area contributed by atoms with E-state index in [0.29, 0.717) is 5.92 Å². The maximum absolute atomic E-state index is 13.3. The van der Waals surface area contributed by atoms with Crippen LogP contribution in [-0.2, 0) is 10.0 Å². The van der Waals surface area contributed by atoms with Crippen LogP contribution >= 0.6 is 12.4 Å². The summed E-state index contributed by atoms with van der Waals surface area (Å²) in [6, 6.07) is 3.86. The first-order chi connectivity index (χ1) is 8.42. The summed E-state index contributed by atoms with van der Waals surface area (Å²) >= 11 is 0. The molecule has 2 rings (SSSR count). The number of halogens is 2. The summed E-state index contributed by atoms with van der Waals surface area (Å²) in [6.45, 7) is 1.65. The van der Waals surface area contributed by atoms with Crippen LogP contribution in [0.2, 0.25) is 0 Å². The SMILES string of the molecule is Cc1c(F)cccc1S(=O)(=O)NCC(N)C1CC1.Cl. The van der Waals surface area contributed by atoms with E-state index in [1.165, 1.54) is 25.1 Å². The van der Waals surface area contributed by atoms with E-state index in [0.717, 1.165) is 12.8 Å². The highest BCUT2D eigenvalue weighted by Crippen LogP contribution is 2.31. The number of hydrogen-bond donors (Lipinski definition) is 2. The third-order valence-electron chi connectivity index (χ3n) is 3.24. The van der Waals surface area contributed by atoms with E-state index in [-0.39, 0.29) is 35.5 Å². The molecule has 1 saturated carbocycles. The third-order valence-corrected chi connectivity index (χ3v) is 4.81. The predicted molar refractivity (Wildman–Crippen MR) is 74.3 cm³/mol. The van der Waals surface area contributed by atoms with Gasteiger partial charge < -0.3 is 5.73 Å². The molecule has 0 aromatic heterocycles. The van der Waals surface area contributed by atoms with Crippen LogP contribution < -0.4 is 10.5 Å². The standard InChI is InChI=1S/C12H17FN2O2S.ClH/c1-8-10(13)3-2-4-12(8)18(16,17)15-7-11(14)9-5-6-9;/h2-4,9,11,15H,5-7,14H2,1H3;1H. The summed E-state index contributed by atoms with van der Waals surface area (Å²) in [5.74, 6) is -0.106. The van der Waals surface area contributed by atoms with Gasteiger partial charge in [-0.15, -0.1) is 12.4 Å². The van der Waals surface area contributed by atoms with Crippen molar-refractivity contribution in [3.63, 3.8) is 0 Å². The molecule has 0 spiro atoms. The second-order valence-electron chi connectivity index (χ2n) is 4.72. The Morgan fingerprint density at radius 2 is 2.11 bits per heavy atom. The summed E-state index contributed by atoms with van der Waals surface area (Å²) in [5, 5.41) is 0. The number of nitrogens with one attached hydrogen (secondary N) is 1. The first-order valence-electron chi connectivity index (χ1n) is 5.92. The first-order valence-corrected chi connectivity index (χ1v) is 7.40. The molecule has 1 atom stereocenters. The van der Waals surface area contributed by atoms with Crippen molar-refractivity contribution in [1.29, 1.82) is 0 Å². The fourth-order valence-corrected chi connectivity index (χ4v) is 3.18. The van der Waals surface area contributed by atoms with Crippen LogP contribution in [0.3, 0.4) is 0 Å². The van der Waals surface area contributed by atoms with Gasteiger partial charge in [0.25, 0.3) is 0 Å². The van der Waals surface area contributed by atoms with Gasteiger partial charge in [-0.25, -0.2) is 17.5 Å². The molecule has 1 aromatic carbocycles. The van der Waals surface area contributed by atoms with Crippen LogP contribution in [0.25, 0.3) is 0 Å². The quantitative estimate of drug-likeness (QED) is 0.867. The first kappa shape index (κ1) is 16.4. The van der Waals surface area contributed by atoms with E-state index in [4.69, 9.17) is 5.73 Å². The van der Waals surface area contributed by atoms with Crippen molar-refractivity contribution < 1.29 is 12.8 Å². The molecule has 0 radical (unpaired) electrons. The monoisotopic (exact) mass is 308 g/mol. The van der Waals surface area contributed by atoms with Crippen molar-refractivity contribution in [3.05, 3.63) is 29.6 Å². The van der Waals surface area contributed by atoms with Crippen LogP contribution in [0.5, 0.6) is 0 Å². The molecule has 1 aromatic rings. The smallest absolute Gasteiger partial charge is 0.240 e.